The van der Waals surface area contributed by atoms with Crippen LogP contribution in [-0.4, -0.2) is 32.0 Å². The molecule has 0 saturated heterocycles. The molecule has 3 rings (SSSR count). The zero-order valence-electron chi connectivity index (χ0n) is 15.2. The Kier molecular flexibility index (Phi) is 5.65. The molecule has 10 heteroatoms. The summed E-state index contributed by atoms with van der Waals surface area (Å²) in [7, 11) is -3.92. The number of anilines is 1. The molecule has 2 aromatic rings. The van der Waals surface area contributed by atoms with Crippen molar-refractivity contribution >= 4 is 39.2 Å². The number of aliphatic hydroxyl groups excluding tert-OH is 1. The van der Waals surface area contributed by atoms with Crippen LogP contribution in [-0.2, 0) is 24.3 Å². The van der Waals surface area contributed by atoms with Gasteiger partial charge in [0.2, 0.25) is 10.0 Å². The first-order valence-corrected chi connectivity index (χ1v) is 10.4. The van der Waals surface area contributed by atoms with Crippen molar-refractivity contribution in [3.05, 3.63) is 70.4 Å². The molecule has 0 unspecified atom stereocenters. The highest BCUT2D eigenvalue weighted by Crippen LogP contribution is 2.41. The number of halogens is 1. The zero-order valence-corrected chi connectivity index (χ0v) is 16.8. The maximum atomic E-state index is 12.8. The average molecular weight is 437 g/mol. The monoisotopic (exact) mass is 436 g/mol. The molecule has 0 fully saturated rings. The number of carbonyl (C=O) groups is 2. The molecule has 3 N–H and O–H groups in total. The van der Waals surface area contributed by atoms with Crippen LogP contribution >= 0.6 is 11.6 Å². The molecule has 8 nitrogen and oxygen atoms in total. The number of esters is 1. The third-order valence-corrected chi connectivity index (χ3v) is 5.51. The summed E-state index contributed by atoms with van der Waals surface area (Å²) in [4.78, 5) is 26.3. The second-order valence-electron chi connectivity index (χ2n) is 6.15. The number of nitrogens with two attached hydrogens (primary N) is 1. The maximum absolute atomic E-state index is 12.8. The minimum Gasteiger partial charge on any atom is -0.503 e. The summed E-state index contributed by atoms with van der Waals surface area (Å²) in [5, 5.41) is 16.0. The van der Waals surface area contributed by atoms with E-state index in [0.29, 0.717) is 10.6 Å². The van der Waals surface area contributed by atoms with Gasteiger partial charge >= 0.3 is 5.97 Å². The van der Waals surface area contributed by atoms with E-state index in [4.69, 9.17) is 21.5 Å². The van der Waals surface area contributed by atoms with E-state index in [9.17, 15) is 23.1 Å². The minimum absolute atomic E-state index is 0.0558. The van der Waals surface area contributed by atoms with Gasteiger partial charge in [-0.3, -0.25) is 9.69 Å². The van der Waals surface area contributed by atoms with E-state index in [-0.39, 0.29) is 22.8 Å². The molecule has 29 heavy (non-hydrogen) atoms. The molecule has 1 aliphatic heterocycles. The minimum atomic E-state index is -3.92. The van der Waals surface area contributed by atoms with Gasteiger partial charge < -0.3 is 9.84 Å². The summed E-state index contributed by atoms with van der Waals surface area (Å²) in [5.74, 6) is -2.39. The first-order chi connectivity index (χ1) is 13.6. The van der Waals surface area contributed by atoms with Crippen molar-refractivity contribution in [3.63, 3.8) is 0 Å². The number of amides is 1. The number of sulfonamides is 1. The number of rotatable bonds is 5. The number of nitrogens with zero attached hydrogens (tertiary/aromatic N) is 1. The summed E-state index contributed by atoms with van der Waals surface area (Å²) in [5.41, 5.74) is 0.549. The number of benzene rings is 2. The number of primary sulfonamides is 1. The number of hydrogen-bond donors (Lipinski definition) is 2. The second kappa shape index (κ2) is 7.86. The van der Waals surface area contributed by atoms with Crippen molar-refractivity contribution in [1.82, 2.24) is 0 Å². The highest BCUT2D eigenvalue weighted by Gasteiger charge is 2.45. The van der Waals surface area contributed by atoms with Crippen molar-refractivity contribution in [2.75, 3.05) is 11.5 Å². The van der Waals surface area contributed by atoms with E-state index in [0.717, 1.165) is 0 Å². The molecule has 1 aliphatic rings. The van der Waals surface area contributed by atoms with Gasteiger partial charge in [-0.2, -0.15) is 0 Å². The molecule has 0 spiro atoms. The Morgan fingerprint density at radius 2 is 1.76 bits per heavy atom. The van der Waals surface area contributed by atoms with Gasteiger partial charge in [-0.25, -0.2) is 18.4 Å². The summed E-state index contributed by atoms with van der Waals surface area (Å²) >= 11 is 5.94. The summed E-state index contributed by atoms with van der Waals surface area (Å²) < 4.78 is 28.0. The van der Waals surface area contributed by atoms with Gasteiger partial charge in [0.25, 0.3) is 5.91 Å². The van der Waals surface area contributed by atoms with Crippen LogP contribution in [0.15, 0.2) is 64.8 Å². The SMILES string of the molecule is CCOC(=O)C1=C(O)C(=O)N(c2ccc(S(N)(=O)=O)cc2)[C@@H]1c1ccc(Cl)cc1. The van der Waals surface area contributed by atoms with Crippen LogP contribution in [0.5, 0.6) is 0 Å². The van der Waals surface area contributed by atoms with Crippen LogP contribution in [0.2, 0.25) is 5.02 Å². The Balaban J connectivity index is 2.13. The summed E-state index contributed by atoms with van der Waals surface area (Å²) in [6, 6.07) is 10.6. The van der Waals surface area contributed by atoms with Gasteiger partial charge in [0.1, 0.15) is 5.57 Å². The highest BCUT2D eigenvalue weighted by molar-refractivity contribution is 7.89. The van der Waals surface area contributed by atoms with E-state index in [1.807, 2.05) is 0 Å². The fraction of sp³-hybridized carbons (Fsp3) is 0.158. The Labute approximate surface area is 172 Å². The van der Waals surface area contributed by atoms with Crippen molar-refractivity contribution in [2.24, 2.45) is 5.14 Å². The van der Waals surface area contributed by atoms with E-state index in [1.165, 1.54) is 29.2 Å². The quantitative estimate of drug-likeness (QED) is 0.693. The summed E-state index contributed by atoms with van der Waals surface area (Å²) in [6.07, 6.45) is 0. The van der Waals surface area contributed by atoms with E-state index in [1.54, 1.807) is 31.2 Å². The molecule has 1 atom stereocenters. The molecule has 0 saturated carbocycles. The Morgan fingerprint density at radius 3 is 2.28 bits per heavy atom. The average Bonchev–Trinajstić information content (AvgIpc) is 2.93. The van der Waals surface area contributed by atoms with Crippen LogP contribution in [0.4, 0.5) is 5.69 Å². The van der Waals surface area contributed by atoms with Gasteiger partial charge in [0, 0.05) is 10.7 Å². The molecule has 2 aromatic carbocycles. The van der Waals surface area contributed by atoms with Crippen LogP contribution in [0.1, 0.15) is 18.5 Å². The summed E-state index contributed by atoms with van der Waals surface area (Å²) in [6.45, 7) is 1.66. The van der Waals surface area contributed by atoms with Crippen molar-refractivity contribution in [2.45, 2.75) is 17.9 Å². The lowest BCUT2D eigenvalue weighted by atomic mass is 9.99. The molecule has 0 aromatic heterocycles. The molecule has 152 valence electrons. The first-order valence-electron chi connectivity index (χ1n) is 8.47. The first kappa shape index (κ1) is 20.8. The van der Waals surface area contributed by atoms with Crippen LogP contribution < -0.4 is 10.0 Å². The third-order valence-electron chi connectivity index (χ3n) is 4.33. The van der Waals surface area contributed by atoms with Gasteiger partial charge in [0.15, 0.2) is 5.76 Å². The molecule has 0 bridgehead atoms. The lowest BCUT2D eigenvalue weighted by Crippen LogP contribution is -2.31. The Bertz CT molecular complexity index is 1090. The lowest BCUT2D eigenvalue weighted by molar-refractivity contribution is -0.139. The number of aliphatic hydroxyl groups is 1. The van der Waals surface area contributed by atoms with Crippen LogP contribution in [0.3, 0.4) is 0 Å². The maximum Gasteiger partial charge on any atom is 0.340 e. The second-order valence-corrected chi connectivity index (χ2v) is 8.15. The van der Waals surface area contributed by atoms with Crippen LogP contribution in [0.25, 0.3) is 0 Å². The molecule has 0 aliphatic carbocycles. The largest absolute Gasteiger partial charge is 0.503 e. The fourth-order valence-electron chi connectivity index (χ4n) is 3.05. The van der Waals surface area contributed by atoms with Crippen molar-refractivity contribution in [1.29, 1.82) is 0 Å². The van der Waals surface area contributed by atoms with Crippen molar-refractivity contribution < 1.29 is 27.9 Å². The molecule has 1 amide bonds. The molecular formula is C19H17ClN2O6S. The topological polar surface area (TPSA) is 127 Å². The Morgan fingerprint density at radius 1 is 1.17 bits per heavy atom. The van der Waals surface area contributed by atoms with Crippen LogP contribution in [0, 0.1) is 0 Å². The normalized spacial score (nSPS) is 17.0. The van der Waals surface area contributed by atoms with E-state index in [2.05, 4.69) is 0 Å². The van der Waals surface area contributed by atoms with Gasteiger partial charge in [0.05, 0.1) is 17.5 Å². The fourth-order valence-corrected chi connectivity index (χ4v) is 3.69. The van der Waals surface area contributed by atoms with Gasteiger partial charge in [-0.05, 0) is 48.9 Å². The molecule has 1 heterocycles. The predicted molar refractivity (Wildman–Crippen MR) is 106 cm³/mol. The van der Waals surface area contributed by atoms with E-state index < -0.39 is 33.7 Å². The standard InChI is InChI=1S/C19H17ClN2O6S/c1-2-28-19(25)15-16(11-3-5-12(20)6-4-11)22(18(24)17(15)23)13-7-9-14(10-8-13)29(21,26)27/h3-10,16,23H,2H2,1H3,(H2,21,26,27)/t16-/m1/s1. The smallest absolute Gasteiger partial charge is 0.340 e. The van der Waals surface area contributed by atoms with Crippen molar-refractivity contribution in [3.8, 4) is 0 Å². The third kappa shape index (κ3) is 3.98. The van der Waals surface area contributed by atoms with E-state index >= 15 is 0 Å². The Hall–Kier alpha value is -2.88. The zero-order chi connectivity index (χ0) is 21.3. The van der Waals surface area contributed by atoms with Gasteiger partial charge in [-0.15, -0.1) is 0 Å². The highest BCUT2D eigenvalue weighted by atomic mass is 35.5. The number of ether oxygens (including phenoxy) is 1. The molecule has 0 radical (unpaired) electrons. The number of carbonyl (C=O) groups excluding carboxylic acids is 2. The van der Waals surface area contributed by atoms with Gasteiger partial charge in [-0.1, -0.05) is 23.7 Å². The molecular weight excluding hydrogens is 420 g/mol. The predicted octanol–water partition coefficient (Wildman–Crippen LogP) is 2.45. The number of hydrogen-bond acceptors (Lipinski definition) is 6. The lowest BCUT2D eigenvalue weighted by Gasteiger charge is -2.26.